The van der Waals surface area contributed by atoms with E-state index < -0.39 is 13.9 Å². The summed E-state index contributed by atoms with van der Waals surface area (Å²) < 4.78 is 35.7. The minimum absolute atomic E-state index is 0.0823. The first kappa shape index (κ1) is 58.3. The van der Waals surface area contributed by atoms with Crippen LogP contribution in [0.3, 0.4) is 0 Å². The fourth-order valence-electron chi connectivity index (χ4n) is 12.6. The molecule has 8 nitrogen and oxygen atoms in total. The van der Waals surface area contributed by atoms with Gasteiger partial charge in [-0.05, 0) is 130 Å². The number of nitrogens with zero attached hydrogens (tertiary/aromatic N) is 1. The Kier molecular flexibility index (Phi) is 26.4. The number of hydrogen-bond acceptors (Lipinski definition) is 8. The van der Waals surface area contributed by atoms with Crippen LogP contribution in [0.25, 0.3) is 0 Å². The van der Waals surface area contributed by atoms with Crippen LogP contribution in [0.15, 0.2) is 23.8 Å². The zero-order valence-electron chi connectivity index (χ0n) is 43.9. The van der Waals surface area contributed by atoms with Crippen molar-refractivity contribution in [1.82, 2.24) is 0 Å². The Morgan fingerprint density at radius 1 is 0.833 bits per heavy atom. The van der Waals surface area contributed by atoms with Crippen molar-refractivity contribution >= 4 is 35.4 Å². The minimum Gasteiger partial charge on any atom is -0.457 e. The van der Waals surface area contributed by atoms with E-state index in [0.717, 1.165) is 54.8 Å². The van der Waals surface area contributed by atoms with Crippen molar-refractivity contribution in [3.05, 3.63) is 23.8 Å². The molecule has 0 amide bonds. The van der Waals surface area contributed by atoms with Gasteiger partial charge in [-0.15, -0.1) is 0 Å². The molecule has 0 spiro atoms. The highest BCUT2D eigenvalue weighted by molar-refractivity contribution is 8.77. The Morgan fingerprint density at radius 2 is 1.52 bits per heavy atom. The van der Waals surface area contributed by atoms with E-state index in [0.29, 0.717) is 33.7 Å². The second-order valence-corrected chi connectivity index (χ2v) is 27.4. The third-order valence-corrected chi connectivity index (χ3v) is 20.2. The zero-order chi connectivity index (χ0) is 48.1. The fourth-order valence-corrected chi connectivity index (χ4v) is 15.8. The molecule has 4 aliphatic carbocycles. The van der Waals surface area contributed by atoms with Gasteiger partial charge in [0, 0.05) is 11.9 Å². The third-order valence-electron chi connectivity index (χ3n) is 16.5. The van der Waals surface area contributed by atoms with Crippen LogP contribution in [0.2, 0.25) is 0 Å². The first-order valence-corrected chi connectivity index (χ1v) is 31.2. The number of fused-ring (bicyclic) bond motifs is 5. The quantitative estimate of drug-likeness (QED) is 0.0166. The van der Waals surface area contributed by atoms with Crippen LogP contribution >= 0.6 is 29.4 Å². The molecule has 11 heteroatoms. The van der Waals surface area contributed by atoms with Gasteiger partial charge < -0.3 is 18.9 Å². The van der Waals surface area contributed by atoms with Gasteiger partial charge >= 0.3 is 13.8 Å². The number of rotatable bonds is 35. The number of carbonyl (C=O) groups excluding carboxylic acids is 1. The smallest absolute Gasteiger partial charge is 0.457 e. The lowest BCUT2D eigenvalue weighted by Gasteiger charge is -2.58. The molecule has 0 saturated heterocycles. The van der Waals surface area contributed by atoms with Crippen LogP contribution in [0.5, 0.6) is 0 Å². The van der Waals surface area contributed by atoms with Crippen LogP contribution in [-0.2, 0) is 27.9 Å². The summed E-state index contributed by atoms with van der Waals surface area (Å²) in [5.74, 6) is 4.91. The number of unbranched alkanes of at least 4 members (excludes halogenated alkanes) is 12. The lowest BCUT2D eigenvalue weighted by molar-refractivity contribution is -0.870. The summed E-state index contributed by atoms with van der Waals surface area (Å²) in [6.07, 6.45) is 38.7. The lowest BCUT2D eigenvalue weighted by atomic mass is 9.47. The van der Waals surface area contributed by atoms with Crippen molar-refractivity contribution in [1.29, 1.82) is 0 Å². The molecule has 384 valence electrons. The first-order valence-electron chi connectivity index (χ1n) is 27.3. The summed E-state index contributed by atoms with van der Waals surface area (Å²) in [5.41, 5.74) is 2.51. The van der Waals surface area contributed by atoms with Crippen LogP contribution in [0.1, 0.15) is 202 Å². The topological polar surface area (TPSA) is 91.3 Å². The zero-order valence-corrected chi connectivity index (χ0v) is 46.4. The molecule has 3 fully saturated rings. The average molecular weight is 984 g/mol. The predicted molar refractivity (Wildman–Crippen MR) is 282 cm³/mol. The lowest BCUT2D eigenvalue weighted by Crippen LogP contribution is -2.50. The van der Waals surface area contributed by atoms with Gasteiger partial charge in [-0.25, -0.2) is 4.57 Å². The van der Waals surface area contributed by atoms with Gasteiger partial charge in [0.1, 0.15) is 25.0 Å². The Bertz CT molecular complexity index is 1490. The van der Waals surface area contributed by atoms with E-state index in [1.807, 2.05) is 31.9 Å². The highest BCUT2D eigenvalue weighted by Crippen LogP contribution is 2.68. The van der Waals surface area contributed by atoms with E-state index in [9.17, 15) is 14.3 Å². The molecule has 0 aromatic carbocycles. The Morgan fingerprint density at radius 3 is 2.20 bits per heavy atom. The number of phosphoric acid groups is 1. The first-order chi connectivity index (χ1) is 31.5. The predicted octanol–water partition coefficient (Wildman–Crippen LogP) is 15.6. The van der Waals surface area contributed by atoms with Gasteiger partial charge in [0.15, 0.2) is 0 Å². The SMILES string of the molecule is CCCCCCCC/C=C/CCCCCCCCOCC(COP(=O)(O)OCC[N+](C)(C)C)OC(=O)CSSC1CC[C@@]2(C)C(=CC[C@H]3[C@@H]4CC[C@H]([C@H](C)CCCC(C)C)[C@@]4(C)CC[C@@H]32)C1. The number of carbonyl (C=O) groups is 1. The average Bonchev–Trinajstić information content (AvgIpc) is 3.61. The number of ether oxygens (including phenoxy) is 2. The molecule has 4 rings (SSSR count). The normalized spacial score (nSPS) is 28.4. The highest BCUT2D eigenvalue weighted by Gasteiger charge is 2.59. The second-order valence-electron chi connectivity index (χ2n) is 23.2. The molecule has 3 saturated carbocycles. The summed E-state index contributed by atoms with van der Waals surface area (Å²) in [5, 5.41) is 0.484. The highest BCUT2D eigenvalue weighted by atomic mass is 33.1. The van der Waals surface area contributed by atoms with Crippen molar-refractivity contribution in [3.63, 3.8) is 0 Å². The molecule has 66 heavy (non-hydrogen) atoms. The van der Waals surface area contributed by atoms with E-state index in [1.54, 1.807) is 16.4 Å². The molecule has 4 aliphatic rings. The van der Waals surface area contributed by atoms with Gasteiger partial charge in [0.25, 0.3) is 0 Å². The minimum atomic E-state index is -4.32. The summed E-state index contributed by atoms with van der Waals surface area (Å²) in [6, 6.07) is 0. The maximum atomic E-state index is 13.2. The van der Waals surface area contributed by atoms with Gasteiger partial charge in [0.2, 0.25) is 0 Å². The van der Waals surface area contributed by atoms with E-state index in [1.165, 1.54) is 141 Å². The molecular weight excluding hydrogens is 882 g/mol. The Hall–Kier alpha value is -0.320. The molecule has 0 radical (unpaired) electrons. The van der Waals surface area contributed by atoms with Gasteiger partial charge in [-0.1, -0.05) is 164 Å². The van der Waals surface area contributed by atoms with Crippen LogP contribution in [0, 0.1) is 46.3 Å². The molecule has 10 atom stereocenters. The Balaban J connectivity index is 1.17. The molecule has 0 aromatic rings. The number of esters is 1. The Labute approximate surface area is 414 Å². The van der Waals surface area contributed by atoms with Crippen LogP contribution in [-0.4, -0.2) is 86.6 Å². The van der Waals surface area contributed by atoms with Crippen molar-refractivity contribution in [2.24, 2.45) is 46.3 Å². The number of hydrogen-bond donors (Lipinski definition) is 1. The monoisotopic (exact) mass is 983 g/mol. The molecule has 0 aliphatic heterocycles. The molecule has 1 N–H and O–H groups in total. The number of likely N-dealkylation sites (N-methyl/N-ethyl adjacent to an activating group) is 1. The number of allylic oxidation sites excluding steroid dienone is 4. The standard InChI is InChI=1S/C55H100NO7PS2/c1-10-11-12-13-14-15-16-17-18-19-20-21-22-23-24-25-38-60-41-47(42-62-64(58,59)61-39-37-56(7,8)9)63-53(57)43-65-66-48-33-35-54(5)46(40-48)29-30-49-51-32-31-50(45(4)28-26-27-44(2)3)55(51,6)36-34-52(49)54/h17-18,29,44-45,47-52H,10-16,19-28,30-43H2,1-9H3/p+1/b18-17+/t45-,47?,48?,49+,50-,51+,52+,54+,55-/m1/s1. The van der Waals surface area contributed by atoms with E-state index >= 15 is 0 Å². The third kappa shape index (κ3) is 20.1. The molecule has 0 aromatic heterocycles. The van der Waals surface area contributed by atoms with Crippen molar-refractivity contribution in [2.75, 3.05) is 59.9 Å². The van der Waals surface area contributed by atoms with E-state index in [-0.39, 0.29) is 31.5 Å². The van der Waals surface area contributed by atoms with Crippen LogP contribution < -0.4 is 0 Å². The molecule has 3 unspecified atom stereocenters. The van der Waals surface area contributed by atoms with Gasteiger partial charge in [0.05, 0.1) is 34.4 Å². The molecular formula is C55H101NO7PS2+. The fraction of sp³-hybridized carbons (Fsp3) is 0.909. The molecule has 0 heterocycles. The van der Waals surface area contributed by atoms with Gasteiger partial charge in [-0.2, -0.15) is 0 Å². The van der Waals surface area contributed by atoms with Crippen molar-refractivity contribution in [2.45, 2.75) is 213 Å². The van der Waals surface area contributed by atoms with Crippen molar-refractivity contribution < 1.29 is 37.3 Å². The summed E-state index contributed by atoms with van der Waals surface area (Å²) in [7, 11) is 5.07. The van der Waals surface area contributed by atoms with Gasteiger partial charge in [-0.3, -0.25) is 13.8 Å². The summed E-state index contributed by atoms with van der Waals surface area (Å²) >= 11 is 0. The number of phosphoric ester groups is 1. The maximum Gasteiger partial charge on any atom is 0.472 e. The maximum absolute atomic E-state index is 13.2. The van der Waals surface area contributed by atoms with Crippen molar-refractivity contribution in [3.8, 4) is 0 Å². The second kappa shape index (κ2) is 29.9. The number of quaternary nitrogens is 1. The molecule has 0 bridgehead atoms. The van der Waals surface area contributed by atoms with E-state index in [2.05, 4.69) is 59.8 Å². The largest absolute Gasteiger partial charge is 0.472 e. The van der Waals surface area contributed by atoms with Crippen LogP contribution in [0.4, 0.5) is 0 Å². The summed E-state index contributed by atoms with van der Waals surface area (Å²) in [6.45, 7) is 15.9. The van der Waals surface area contributed by atoms with E-state index in [4.69, 9.17) is 18.5 Å². The summed E-state index contributed by atoms with van der Waals surface area (Å²) in [4.78, 5) is 23.6.